The van der Waals surface area contributed by atoms with E-state index >= 15 is 0 Å². The summed E-state index contributed by atoms with van der Waals surface area (Å²) in [7, 11) is 0. The van der Waals surface area contributed by atoms with Gasteiger partial charge in [-0.3, -0.25) is 4.79 Å². The summed E-state index contributed by atoms with van der Waals surface area (Å²) in [6.07, 6.45) is 0.0442. The van der Waals surface area contributed by atoms with Gasteiger partial charge in [0.2, 0.25) is 0 Å². The molecule has 1 saturated heterocycles. The largest absolute Gasteiger partial charge is 0.479 e. The Hall–Kier alpha value is -2.34. The van der Waals surface area contributed by atoms with Crippen molar-refractivity contribution in [3.8, 4) is 0 Å². The number of fused-ring (bicyclic) bond motifs is 1. The molecule has 1 aromatic carbocycles. The highest BCUT2D eigenvalue weighted by Gasteiger charge is 2.40. The second kappa shape index (κ2) is 4.89. The van der Waals surface area contributed by atoms with Crippen LogP contribution in [0.1, 0.15) is 23.4 Å². The Morgan fingerprint density at radius 1 is 1.19 bits per heavy atom. The van der Waals surface area contributed by atoms with Gasteiger partial charge in [0.05, 0.1) is 0 Å². The Kier molecular flexibility index (Phi) is 3.17. The number of aliphatic carboxylic acids is 1. The molecular formula is C15H15NO5. The predicted molar refractivity (Wildman–Crippen MR) is 73.9 cm³/mol. The van der Waals surface area contributed by atoms with Crippen LogP contribution in [0.25, 0.3) is 11.0 Å². The average molecular weight is 289 g/mol. The molecule has 1 aromatic heterocycles. The molecule has 6 heteroatoms. The molecule has 6 nitrogen and oxygen atoms in total. The molecule has 0 bridgehead atoms. The van der Waals surface area contributed by atoms with E-state index in [1.54, 1.807) is 12.1 Å². The third kappa shape index (κ3) is 2.38. The third-order valence-corrected chi connectivity index (χ3v) is 3.91. The second-order valence-corrected chi connectivity index (χ2v) is 5.28. The lowest BCUT2D eigenvalue weighted by molar-refractivity contribution is -0.162. The molecule has 0 unspecified atom stereocenters. The fourth-order valence-corrected chi connectivity index (χ4v) is 2.54. The number of aliphatic hydroxyl groups is 1. The number of hydrogen-bond donors (Lipinski definition) is 2. The molecule has 2 N–H and O–H groups in total. The lowest BCUT2D eigenvalue weighted by Crippen LogP contribution is -2.50. The van der Waals surface area contributed by atoms with Gasteiger partial charge in [0.15, 0.2) is 11.4 Å². The number of rotatable bonds is 2. The molecule has 1 amide bonds. The van der Waals surface area contributed by atoms with Crippen LogP contribution < -0.4 is 0 Å². The van der Waals surface area contributed by atoms with Crippen LogP contribution in [-0.2, 0) is 4.79 Å². The molecule has 1 aliphatic rings. The van der Waals surface area contributed by atoms with Crippen LogP contribution in [0, 0.1) is 0 Å². The monoisotopic (exact) mass is 289 g/mol. The van der Waals surface area contributed by atoms with Gasteiger partial charge in [-0.1, -0.05) is 18.2 Å². The normalized spacial score (nSPS) is 17.9. The van der Waals surface area contributed by atoms with Gasteiger partial charge in [-0.25, -0.2) is 4.79 Å². The number of benzene rings is 1. The highest BCUT2D eigenvalue weighted by molar-refractivity contribution is 5.96. The van der Waals surface area contributed by atoms with E-state index in [2.05, 4.69) is 0 Å². The number of para-hydroxylation sites is 1. The first-order chi connectivity index (χ1) is 9.99. The lowest BCUT2D eigenvalue weighted by Gasteiger charge is -2.34. The summed E-state index contributed by atoms with van der Waals surface area (Å²) in [5.41, 5.74) is -1.09. The van der Waals surface area contributed by atoms with Crippen molar-refractivity contribution in [3.63, 3.8) is 0 Å². The number of furan rings is 1. The van der Waals surface area contributed by atoms with Gasteiger partial charge in [-0.05, 0) is 12.1 Å². The number of likely N-dealkylation sites (tertiary alicyclic amines) is 1. The topological polar surface area (TPSA) is 91.0 Å². The number of carboxylic acids is 1. The molecule has 0 aliphatic carbocycles. The quantitative estimate of drug-likeness (QED) is 0.874. The molecule has 110 valence electrons. The Labute approximate surface area is 120 Å². The highest BCUT2D eigenvalue weighted by Crippen LogP contribution is 2.25. The number of carbonyl (C=O) groups is 2. The predicted octanol–water partition coefficient (Wildman–Crippen LogP) is 1.48. The van der Waals surface area contributed by atoms with Gasteiger partial charge >= 0.3 is 5.97 Å². The van der Waals surface area contributed by atoms with Gasteiger partial charge in [0, 0.05) is 31.3 Å². The van der Waals surface area contributed by atoms with Crippen LogP contribution in [0.5, 0.6) is 0 Å². The van der Waals surface area contributed by atoms with Crippen molar-refractivity contribution < 1.29 is 24.2 Å². The molecule has 3 rings (SSSR count). The smallest absolute Gasteiger partial charge is 0.335 e. The van der Waals surface area contributed by atoms with E-state index < -0.39 is 11.6 Å². The Bertz CT molecular complexity index is 664. The molecule has 1 aliphatic heterocycles. The second-order valence-electron chi connectivity index (χ2n) is 5.28. The minimum Gasteiger partial charge on any atom is -0.479 e. The van der Waals surface area contributed by atoms with Crippen molar-refractivity contribution in [2.75, 3.05) is 13.1 Å². The number of piperidine rings is 1. The molecule has 2 heterocycles. The number of carbonyl (C=O) groups excluding carboxylic acids is 1. The summed E-state index contributed by atoms with van der Waals surface area (Å²) in [6.45, 7) is 0.386. The zero-order chi connectivity index (χ0) is 15.0. The number of carboxylic acid groups (broad SMARTS) is 1. The zero-order valence-electron chi connectivity index (χ0n) is 11.3. The first-order valence-corrected chi connectivity index (χ1v) is 6.73. The van der Waals surface area contributed by atoms with E-state index in [0.29, 0.717) is 5.58 Å². The maximum atomic E-state index is 12.4. The molecular weight excluding hydrogens is 274 g/mol. The standard InChI is InChI=1S/C15H15NO5/c17-13(12-9-10-3-1-2-4-11(10)21-12)16-7-5-15(20,6-8-16)14(18)19/h1-4,9,20H,5-8H2,(H,18,19). The van der Waals surface area contributed by atoms with Crippen LogP contribution in [0.2, 0.25) is 0 Å². The minimum absolute atomic E-state index is 0.0221. The number of hydrogen-bond acceptors (Lipinski definition) is 4. The molecule has 0 spiro atoms. The summed E-state index contributed by atoms with van der Waals surface area (Å²) in [6, 6.07) is 9.00. The van der Waals surface area contributed by atoms with Crippen LogP contribution >= 0.6 is 0 Å². The summed E-state index contributed by atoms with van der Waals surface area (Å²) in [4.78, 5) is 24.8. The molecule has 0 radical (unpaired) electrons. The summed E-state index contributed by atoms with van der Waals surface area (Å²) in [5, 5.41) is 19.7. The number of amides is 1. The maximum Gasteiger partial charge on any atom is 0.335 e. The van der Waals surface area contributed by atoms with E-state index in [0.717, 1.165) is 5.39 Å². The van der Waals surface area contributed by atoms with Gasteiger partial charge in [0.1, 0.15) is 5.58 Å². The van der Waals surface area contributed by atoms with Gasteiger partial charge < -0.3 is 19.5 Å². The summed E-state index contributed by atoms with van der Waals surface area (Å²) < 4.78 is 5.51. The van der Waals surface area contributed by atoms with E-state index in [4.69, 9.17) is 9.52 Å². The van der Waals surface area contributed by atoms with E-state index in [1.807, 2.05) is 18.2 Å². The summed E-state index contributed by atoms with van der Waals surface area (Å²) >= 11 is 0. The van der Waals surface area contributed by atoms with Gasteiger partial charge in [-0.2, -0.15) is 0 Å². The third-order valence-electron chi connectivity index (χ3n) is 3.91. The average Bonchev–Trinajstić information content (AvgIpc) is 2.91. The minimum atomic E-state index is -1.73. The van der Waals surface area contributed by atoms with Crippen LogP contribution in [-0.4, -0.2) is 45.7 Å². The van der Waals surface area contributed by atoms with Gasteiger partial charge in [-0.15, -0.1) is 0 Å². The SMILES string of the molecule is O=C(c1cc2ccccc2o1)N1CCC(O)(C(=O)O)CC1. The van der Waals surface area contributed by atoms with E-state index in [-0.39, 0.29) is 37.6 Å². The first-order valence-electron chi connectivity index (χ1n) is 6.73. The van der Waals surface area contributed by atoms with E-state index in [9.17, 15) is 14.7 Å². The van der Waals surface area contributed by atoms with Crippen molar-refractivity contribution in [2.24, 2.45) is 0 Å². The van der Waals surface area contributed by atoms with Crippen molar-refractivity contribution in [2.45, 2.75) is 18.4 Å². The highest BCUT2D eigenvalue weighted by atomic mass is 16.4. The molecule has 21 heavy (non-hydrogen) atoms. The fraction of sp³-hybridized carbons (Fsp3) is 0.333. The Morgan fingerprint density at radius 2 is 1.86 bits per heavy atom. The summed E-state index contributed by atoms with van der Waals surface area (Å²) in [5.74, 6) is -1.28. The van der Waals surface area contributed by atoms with Crippen molar-refractivity contribution >= 4 is 22.8 Å². The van der Waals surface area contributed by atoms with Crippen LogP contribution in [0.4, 0.5) is 0 Å². The Morgan fingerprint density at radius 3 is 2.48 bits per heavy atom. The maximum absolute atomic E-state index is 12.4. The first kappa shape index (κ1) is 13.6. The Balaban J connectivity index is 1.76. The number of nitrogens with zero attached hydrogens (tertiary/aromatic N) is 1. The molecule has 0 atom stereocenters. The van der Waals surface area contributed by atoms with Crippen LogP contribution in [0.3, 0.4) is 0 Å². The van der Waals surface area contributed by atoms with Crippen molar-refractivity contribution in [1.29, 1.82) is 0 Å². The molecule has 0 saturated carbocycles. The van der Waals surface area contributed by atoms with Crippen molar-refractivity contribution in [1.82, 2.24) is 4.90 Å². The van der Waals surface area contributed by atoms with E-state index in [1.165, 1.54) is 4.90 Å². The molecule has 1 fully saturated rings. The van der Waals surface area contributed by atoms with Crippen LogP contribution in [0.15, 0.2) is 34.7 Å². The molecule has 2 aromatic rings. The zero-order valence-corrected chi connectivity index (χ0v) is 11.3. The fourth-order valence-electron chi connectivity index (χ4n) is 2.54. The lowest BCUT2D eigenvalue weighted by atomic mass is 9.91. The van der Waals surface area contributed by atoms with Crippen molar-refractivity contribution in [3.05, 3.63) is 36.1 Å². The van der Waals surface area contributed by atoms with Gasteiger partial charge in [0.25, 0.3) is 5.91 Å².